The van der Waals surface area contributed by atoms with Crippen LogP contribution in [-0.4, -0.2) is 14.8 Å². The number of aromatic nitrogens is 3. The van der Waals surface area contributed by atoms with Gasteiger partial charge in [-0.1, -0.05) is 59.8 Å². The lowest BCUT2D eigenvalue weighted by atomic mass is 10.2. The molecule has 3 rings (SSSR count). The fraction of sp³-hybridized carbons (Fsp3) is 0.263. The summed E-state index contributed by atoms with van der Waals surface area (Å²) < 4.78 is 7.90. The van der Waals surface area contributed by atoms with E-state index in [9.17, 15) is 0 Å². The summed E-state index contributed by atoms with van der Waals surface area (Å²) >= 11 is 1.71. The number of hydrogen-bond acceptors (Lipinski definition) is 4. The Morgan fingerprint density at radius 1 is 1.00 bits per heavy atom. The maximum absolute atomic E-state index is 5.79. The van der Waals surface area contributed by atoms with Gasteiger partial charge in [-0.2, -0.15) is 0 Å². The van der Waals surface area contributed by atoms with E-state index in [1.807, 2.05) is 30.3 Å². The summed E-state index contributed by atoms with van der Waals surface area (Å²) in [5, 5.41) is 9.56. The Bertz CT molecular complexity index is 769. The molecule has 0 fully saturated rings. The van der Waals surface area contributed by atoms with Crippen molar-refractivity contribution in [3.05, 3.63) is 71.5 Å². The van der Waals surface area contributed by atoms with E-state index in [1.165, 1.54) is 11.1 Å². The van der Waals surface area contributed by atoms with E-state index in [4.69, 9.17) is 4.74 Å². The van der Waals surface area contributed by atoms with Crippen LogP contribution in [-0.2, 0) is 18.9 Å². The molecule has 3 aromatic rings. The molecule has 0 radical (unpaired) electrons. The van der Waals surface area contributed by atoms with Gasteiger partial charge in [0.05, 0.1) is 0 Å². The van der Waals surface area contributed by atoms with Crippen LogP contribution >= 0.6 is 11.8 Å². The first kappa shape index (κ1) is 16.6. The molecule has 0 N–H and O–H groups in total. The summed E-state index contributed by atoms with van der Waals surface area (Å²) in [5.41, 5.74) is 2.57. The Hall–Kier alpha value is -2.27. The molecule has 0 aliphatic heterocycles. The molecule has 0 bridgehead atoms. The molecule has 0 spiro atoms. The Kier molecular flexibility index (Phi) is 5.54. The SMILES string of the molecule is CCn1c(COc2ccccc2)nnc1SCc1ccc(C)cc1. The van der Waals surface area contributed by atoms with Crippen molar-refractivity contribution in [2.24, 2.45) is 0 Å². The van der Waals surface area contributed by atoms with Crippen molar-refractivity contribution >= 4 is 11.8 Å². The van der Waals surface area contributed by atoms with E-state index in [2.05, 4.69) is 52.9 Å². The first-order chi connectivity index (χ1) is 11.8. The van der Waals surface area contributed by atoms with E-state index in [0.29, 0.717) is 6.61 Å². The van der Waals surface area contributed by atoms with Gasteiger partial charge in [0.2, 0.25) is 0 Å². The van der Waals surface area contributed by atoms with Crippen LogP contribution in [0.3, 0.4) is 0 Å². The van der Waals surface area contributed by atoms with E-state index in [0.717, 1.165) is 29.0 Å². The normalized spacial score (nSPS) is 10.8. The van der Waals surface area contributed by atoms with E-state index in [1.54, 1.807) is 11.8 Å². The average Bonchev–Trinajstić information content (AvgIpc) is 3.02. The number of thioether (sulfide) groups is 1. The Labute approximate surface area is 146 Å². The second-order valence-electron chi connectivity index (χ2n) is 5.52. The van der Waals surface area contributed by atoms with E-state index in [-0.39, 0.29) is 0 Å². The second-order valence-corrected chi connectivity index (χ2v) is 6.46. The van der Waals surface area contributed by atoms with Crippen molar-refractivity contribution in [2.75, 3.05) is 0 Å². The summed E-state index contributed by atoms with van der Waals surface area (Å²) in [4.78, 5) is 0. The zero-order valence-corrected chi connectivity index (χ0v) is 14.8. The van der Waals surface area contributed by atoms with Gasteiger partial charge in [0.1, 0.15) is 12.4 Å². The number of aryl methyl sites for hydroxylation is 1. The Morgan fingerprint density at radius 3 is 2.46 bits per heavy atom. The quantitative estimate of drug-likeness (QED) is 0.595. The lowest BCUT2D eigenvalue weighted by molar-refractivity contribution is 0.288. The molecule has 1 heterocycles. The minimum atomic E-state index is 0.427. The van der Waals surface area contributed by atoms with Crippen LogP contribution in [0.25, 0.3) is 0 Å². The highest BCUT2D eigenvalue weighted by Gasteiger charge is 2.12. The molecule has 0 atom stereocenters. The third kappa shape index (κ3) is 4.17. The third-order valence-electron chi connectivity index (χ3n) is 3.71. The van der Waals surface area contributed by atoms with Gasteiger partial charge in [0.25, 0.3) is 0 Å². The molecule has 0 unspecified atom stereocenters. The van der Waals surface area contributed by atoms with Crippen molar-refractivity contribution in [2.45, 2.75) is 37.9 Å². The number of rotatable bonds is 7. The highest BCUT2D eigenvalue weighted by molar-refractivity contribution is 7.98. The van der Waals surface area contributed by atoms with Gasteiger partial charge in [0.15, 0.2) is 11.0 Å². The summed E-state index contributed by atoms with van der Waals surface area (Å²) in [5.74, 6) is 2.59. The standard InChI is InChI=1S/C19H21N3OS/c1-3-22-18(13-23-17-7-5-4-6-8-17)20-21-19(22)24-14-16-11-9-15(2)10-12-16/h4-12H,3,13-14H2,1-2H3. The van der Waals surface area contributed by atoms with Crippen LogP contribution in [0.15, 0.2) is 59.8 Å². The molecule has 0 saturated heterocycles. The fourth-order valence-corrected chi connectivity index (χ4v) is 3.32. The first-order valence-electron chi connectivity index (χ1n) is 8.04. The molecule has 2 aromatic carbocycles. The van der Waals surface area contributed by atoms with Crippen molar-refractivity contribution in [3.63, 3.8) is 0 Å². The van der Waals surface area contributed by atoms with Crippen molar-refractivity contribution in [1.82, 2.24) is 14.8 Å². The van der Waals surface area contributed by atoms with Gasteiger partial charge in [-0.15, -0.1) is 10.2 Å². The maximum atomic E-state index is 5.79. The van der Waals surface area contributed by atoms with Gasteiger partial charge < -0.3 is 9.30 Å². The van der Waals surface area contributed by atoms with Crippen molar-refractivity contribution in [3.8, 4) is 5.75 Å². The van der Waals surface area contributed by atoms with Crippen LogP contribution in [0, 0.1) is 6.92 Å². The lowest BCUT2D eigenvalue weighted by Gasteiger charge is -2.09. The molecule has 4 nitrogen and oxygen atoms in total. The molecule has 0 amide bonds. The number of para-hydroxylation sites is 1. The summed E-state index contributed by atoms with van der Waals surface area (Å²) in [6.07, 6.45) is 0. The topological polar surface area (TPSA) is 39.9 Å². The van der Waals surface area contributed by atoms with Gasteiger partial charge in [-0.3, -0.25) is 0 Å². The zero-order valence-electron chi connectivity index (χ0n) is 14.0. The Morgan fingerprint density at radius 2 is 1.75 bits per heavy atom. The van der Waals surface area contributed by atoms with Crippen molar-refractivity contribution in [1.29, 1.82) is 0 Å². The molecule has 0 aliphatic carbocycles. The Balaban J connectivity index is 1.64. The third-order valence-corrected chi connectivity index (χ3v) is 4.75. The molecule has 24 heavy (non-hydrogen) atoms. The number of nitrogens with zero attached hydrogens (tertiary/aromatic N) is 3. The lowest BCUT2D eigenvalue weighted by Crippen LogP contribution is -2.07. The van der Waals surface area contributed by atoms with Gasteiger partial charge >= 0.3 is 0 Å². The summed E-state index contributed by atoms with van der Waals surface area (Å²) in [6.45, 7) is 5.46. The van der Waals surface area contributed by atoms with Crippen LogP contribution in [0.1, 0.15) is 23.9 Å². The first-order valence-corrected chi connectivity index (χ1v) is 9.03. The highest BCUT2D eigenvalue weighted by atomic mass is 32.2. The van der Waals surface area contributed by atoms with E-state index < -0.39 is 0 Å². The molecule has 1 aromatic heterocycles. The minimum Gasteiger partial charge on any atom is -0.486 e. The monoisotopic (exact) mass is 339 g/mol. The highest BCUT2D eigenvalue weighted by Crippen LogP contribution is 2.22. The molecule has 5 heteroatoms. The summed E-state index contributed by atoms with van der Waals surface area (Å²) in [7, 11) is 0. The maximum Gasteiger partial charge on any atom is 0.191 e. The average molecular weight is 339 g/mol. The van der Waals surface area contributed by atoms with Crippen LogP contribution in [0.5, 0.6) is 5.75 Å². The van der Waals surface area contributed by atoms with E-state index >= 15 is 0 Å². The van der Waals surface area contributed by atoms with Crippen molar-refractivity contribution < 1.29 is 4.74 Å². The van der Waals surface area contributed by atoms with Gasteiger partial charge in [-0.25, -0.2) is 0 Å². The fourth-order valence-electron chi connectivity index (χ4n) is 2.35. The molecular weight excluding hydrogens is 318 g/mol. The molecule has 0 saturated carbocycles. The number of hydrogen-bond donors (Lipinski definition) is 0. The zero-order chi connectivity index (χ0) is 16.8. The predicted molar refractivity (Wildman–Crippen MR) is 97.2 cm³/mol. The van der Waals surface area contributed by atoms with Crippen LogP contribution in [0.2, 0.25) is 0 Å². The van der Waals surface area contributed by atoms with Gasteiger partial charge in [-0.05, 0) is 31.5 Å². The van der Waals surface area contributed by atoms with Crippen LogP contribution in [0.4, 0.5) is 0 Å². The number of ether oxygens (including phenoxy) is 1. The number of benzene rings is 2. The molecule has 124 valence electrons. The molecular formula is C19H21N3OS. The molecule has 0 aliphatic rings. The van der Waals surface area contributed by atoms with Crippen LogP contribution < -0.4 is 4.74 Å². The smallest absolute Gasteiger partial charge is 0.191 e. The predicted octanol–water partition coefficient (Wildman–Crippen LogP) is 4.48. The largest absolute Gasteiger partial charge is 0.486 e. The summed E-state index contributed by atoms with van der Waals surface area (Å²) in [6, 6.07) is 18.4. The minimum absolute atomic E-state index is 0.427. The second kappa shape index (κ2) is 8.02. The van der Waals surface area contributed by atoms with Gasteiger partial charge in [0, 0.05) is 12.3 Å².